The van der Waals surface area contributed by atoms with Crippen molar-refractivity contribution in [3.63, 3.8) is 0 Å². The summed E-state index contributed by atoms with van der Waals surface area (Å²) in [6.07, 6.45) is 2.93. The van der Waals surface area contributed by atoms with E-state index in [4.69, 9.17) is 0 Å². The van der Waals surface area contributed by atoms with E-state index in [0.717, 1.165) is 23.9 Å². The summed E-state index contributed by atoms with van der Waals surface area (Å²) in [7, 11) is 1.42. The van der Waals surface area contributed by atoms with Gasteiger partial charge in [-0.25, -0.2) is 4.79 Å². The van der Waals surface area contributed by atoms with Gasteiger partial charge in [0.1, 0.15) is 0 Å². The Kier molecular flexibility index (Phi) is 3.84. The summed E-state index contributed by atoms with van der Waals surface area (Å²) >= 11 is 2.31. The van der Waals surface area contributed by atoms with Gasteiger partial charge in [0.2, 0.25) is 0 Å². The fourth-order valence-corrected chi connectivity index (χ4v) is 1.75. The minimum absolute atomic E-state index is 0.217. The predicted octanol–water partition coefficient (Wildman–Crippen LogP) is 1.82. The van der Waals surface area contributed by atoms with Crippen molar-refractivity contribution in [1.29, 1.82) is 0 Å². The summed E-state index contributed by atoms with van der Waals surface area (Å²) in [6.45, 7) is 1.52. The van der Waals surface area contributed by atoms with Crippen molar-refractivity contribution >= 4 is 28.7 Å². The predicted molar refractivity (Wildman–Crippen MR) is 55.6 cm³/mol. The maximum absolute atomic E-state index is 11.1. The van der Waals surface area contributed by atoms with E-state index in [1.54, 1.807) is 4.90 Å². The highest BCUT2D eigenvalue weighted by Gasteiger charge is 2.17. The zero-order chi connectivity index (χ0) is 8.97. The van der Waals surface area contributed by atoms with Crippen LogP contribution >= 0.6 is 22.6 Å². The lowest BCUT2D eigenvalue weighted by Gasteiger charge is -2.25. The normalized spacial score (nSPS) is 17.2. The molecule has 1 amide bonds. The lowest BCUT2D eigenvalue weighted by atomic mass is 10.1. The van der Waals surface area contributed by atoms with Crippen LogP contribution in [0.5, 0.6) is 0 Å². The van der Waals surface area contributed by atoms with Gasteiger partial charge in [-0.2, -0.15) is 0 Å². The fourth-order valence-electron chi connectivity index (χ4n) is 1.20. The summed E-state index contributed by atoms with van der Waals surface area (Å²) in [5.41, 5.74) is 1.31. The van der Waals surface area contributed by atoms with E-state index in [-0.39, 0.29) is 6.09 Å². The first kappa shape index (κ1) is 9.83. The quantitative estimate of drug-likeness (QED) is 0.417. The van der Waals surface area contributed by atoms with Crippen LogP contribution in [-0.2, 0) is 4.74 Å². The van der Waals surface area contributed by atoms with Crippen LogP contribution in [0.25, 0.3) is 0 Å². The first-order chi connectivity index (χ1) is 5.77. The molecule has 3 nitrogen and oxygen atoms in total. The van der Waals surface area contributed by atoms with Crippen LogP contribution in [0.1, 0.15) is 6.42 Å². The fraction of sp³-hybridized carbons (Fsp3) is 0.625. The highest BCUT2D eigenvalue weighted by Crippen LogP contribution is 2.12. The third-order valence-electron chi connectivity index (χ3n) is 1.83. The molecule has 0 saturated heterocycles. The number of nitrogens with zero attached hydrogens (tertiary/aromatic N) is 1. The molecular weight excluding hydrogens is 269 g/mol. The topological polar surface area (TPSA) is 29.5 Å². The maximum atomic E-state index is 11.1. The summed E-state index contributed by atoms with van der Waals surface area (Å²) in [4.78, 5) is 12.8. The van der Waals surface area contributed by atoms with Gasteiger partial charge in [0.05, 0.1) is 7.11 Å². The highest BCUT2D eigenvalue weighted by atomic mass is 127. The molecule has 0 unspecified atom stereocenters. The number of carbonyl (C=O) groups excluding carboxylic acids is 1. The van der Waals surface area contributed by atoms with E-state index >= 15 is 0 Å². The van der Waals surface area contributed by atoms with Gasteiger partial charge in [0.25, 0.3) is 0 Å². The van der Waals surface area contributed by atoms with E-state index in [1.165, 1.54) is 12.7 Å². The van der Waals surface area contributed by atoms with Crippen LogP contribution in [0.2, 0.25) is 0 Å². The van der Waals surface area contributed by atoms with Crippen molar-refractivity contribution in [3.05, 3.63) is 11.6 Å². The Morgan fingerprint density at radius 3 is 3.17 bits per heavy atom. The van der Waals surface area contributed by atoms with Gasteiger partial charge in [-0.05, 0) is 12.0 Å². The summed E-state index contributed by atoms with van der Waals surface area (Å²) < 4.78 is 5.63. The molecule has 0 aliphatic carbocycles. The van der Waals surface area contributed by atoms with Crippen LogP contribution in [0, 0.1) is 0 Å². The van der Waals surface area contributed by atoms with Crippen molar-refractivity contribution in [1.82, 2.24) is 4.90 Å². The second-order valence-corrected chi connectivity index (χ2v) is 3.44. The highest BCUT2D eigenvalue weighted by molar-refractivity contribution is 14.1. The minimum atomic E-state index is -0.217. The maximum Gasteiger partial charge on any atom is 0.409 e. The molecule has 0 spiro atoms. The summed E-state index contributed by atoms with van der Waals surface area (Å²) in [5.74, 6) is 0. The van der Waals surface area contributed by atoms with Gasteiger partial charge in [-0.15, -0.1) is 0 Å². The van der Waals surface area contributed by atoms with E-state index in [2.05, 4.69) is 33.4 Å². The minimum Gasteiger partial charge on any atom is -0.453 e. The molecule has 0 radical (unpaired) electrons. The number of rotatable bonds is 1. The van der Waals surface area contributed by atoms with Crippen LogP contribution in [0.4, 0.5) is 4.79 Å². The first-order valence-corrected chi connectivity index (χ1v) is 5.37. The molecule has 1 heterocycles. The molecule has 0 atom stereocenters. The molecule has 0 bridgehead atoms. The molecule has 0 aromatic rings. The molecule has 1 aliphatic rings. The molecule has 68 valence electrons. The zero-order valence-electron chi connectivity index (χ0n) is 7.05. The van der Waals surface area contributed by atoms with Crippen molar-refractivity contribution in [3.8, 4) is 0 Å². The SMILES string of the molecule is COC(=O)N1CCC=C(CI)C1. The number of amides is 1. The average molecular weight is 281 g/mol. The lowest BCUT2D eigenvalue weighted by Crippen LogP contribution is -2.35. The lowest BCUT2D eigenvalue weighted by molar-refractivity contribution is 0.126. The Hall–Kier alpha value is -0.260. The third-order valence-corrected chi connectivity index (χ3v) is 2.81. The smallest absolute Gasteiger partial charge is 0.409 e. The van der Waals surface area contributed by atoms with Crippen LogP contribution in [-0.4, -0.2) is 35.6 Å². The molecule has 0 N–H and O–H groups in total. The van der Waals surface area contributed by atoms with Gasteiger partial charge >= 0.3 is 6.09 Å². The van der Waals surface area contributed by atoms with E-state index in [0.29, 0.717) is 0 Å². The second kappa shape index (κ2) is 4.69. The van der Waals surface area contributed by atoms with Gasteiger partial charge in [-0.3, -0.25) is 0 Å². The Labute approximate surface area is 85.9 Å². The Morgan fingerprint density at radius 2 is 2.58 bits per heavy atom. The molecule has 0 saturated carbocycles. The Balaban J connectivity index is 2.51. The number of hydrogen-bond acceptors (Lipinski definition) is 2. The molecule has 0 fully saturated rings. The molecule has 1 aliphatic heterocycles. The van der Waals surface area contributed by atoms with Crippen LogP contribution < -0.4 is 0 Å². The summed E-state index contributed by atoms with van der Waals surface area (Å²) in [5, 5.41) is 0. The van der Waals surface area contributed by atoms with Gasteiger partial charge < -0.3 is 9.64 Å². The third kappa shape index (κ3) is 2.36. The molecule has 1 rings (SSSR count). The Morgan fingerprint density at radius 1 is 1.83 bits per heavy atom. The summed E-state index contributed by atoms with van der Waals surface area (Å²) in [6, 6.07) is 0. The van der Waals surface area contributed by atoms with Crippen molar-refractivity contribution in [2.24, 2.45) is 0 Å². The van der Waals surface area contributed by atoms with Gasteiger partial charge in [-0.1, -0.05) is 28.7 Å². The Bertz CT molecular complexity index is 203. The number of ether oxygens (including phenoxy) is 1. The van der Waals surface area contributed by atoms with Crippen molar-refractivity contribution < 1.29 is 9.53 Å². The van der Waals surface area contributed by atoms with Crippen LogP contribution in [0.15, 0.2) is 11.6 Å². The molecule has 0 aromatic heterocycles. The first-order valence-electron chi connectivity index (χ1n) is 3.84. The number of halogens is 1. The second-order valence-electron chi connectivity index (χ2n) is 2.68. The number of hydrogen-bond donors (Lipinski definition) is 0. The van der Waals surface area contributed by atoms with Gasteiger partial charge in [0.15, 0.2) is 0 Å². The molecular formula is C8H12INO2. The van der Waals surface area contributed by atoms with Crippen molar-refractivity contribution in [2.75, 3.05) is 24.6 Å². The zero-order valence-corrected chi connectivity index (χ0v) is 9.20. The number of methoxy groups -OCH3 is 1. The number of carbonyl (C=O) groups is 1. The van der Waals surface area contributed by atoms with E-state index in [1.807, 2.05) is 0 Å². The van der Waals surface area contributed by atoms with Crippen molar-refractivity contribution in [2.45, 2.75) is 6.42 Å². The number of alkyl halides is 1. The van der Waals surface area contributed by atoms with Crippen LogP contribution in [0.3, 0.4) is 0 Å². The average Bonchev–Trinajstić information content (AvgIpc) is 2.17. The molecule has 4 heteroatoms. The molecule has 12 heavy (non-hydrogen) atoms. The van der Waals surface area contributed by atoms with Gasteiger partial charge in [0, 0.05) is 17.5 Å². The monoisotopic (exact) mass is 281 g/mol. The molecule has 0 aromatic carbocycles. The van der Waals surface area contributed by atoms with E-state index < -0.39 is 0 Å². The largest absolute Gasteiger partial charge is 0.453 e. The standard InChI is InChI=1S/C8H12INO2/c1-12-8(11)10-4-2-3-7(5-9)6-10/h3H,2,4-6H2,1H3. The van der Waals surface area contributed by atoms with E-state index in [9.17, 15) is 4.79 Å².